The van der Waals surface area contributed by atoms with Crippen LogP contribution in [0.25, 0.3) is 5.65 Å². The highest BCUT2D eigenvalue weighted by atomic mass is 35.5. The maximum atomic E-state index is 6.10. The summed E-state index contributed by atoms with van der Waals surface area (Å²) >= 11 is 6.10. The molecule has 1 aliphatic rings. The minimum atomic E-state index is 0. The highest BCUT2D eigenvalue weighted by molar-refractivity contribution is 6.30. The number of fused-ring (bicyclic) bond motifs is 2. The van der Waals surface area contributed by atoms with E-state index in [1.807, 2.05) is 6.07 Å². The summed E-state index contributed by atoms with van der Waals surface area (Å²) in [5.41, 5.74) is 7.29. The van der Waals surface area contributed by atoms with Gasteiger partial charge in [0.2, 0.25) is 0 Å². The predicted octanol–water partition coefficient (Wildman–Crippen LogP) is 4.59. The van der Waals surface area contributed by atoms with Gasteiger partial charge >= 0.3 is 0 Å². The van der Waals surface area contributed by atoms with Gasteiger partial charge in [0.25, 0.3) is 0 Å². The molecule has 4 rings (SSSR count). The van der Waals surface area contributed by atoms with Crippen LogP contribution in [0.2, 0.25) is 5.02 Å². The summed E-state index contributed by atoms with van der Waals surface area (Å²) in [4.78, 5) is 7.17. The Hall–Kier alpha value is -1.71. The molecule has 0 aliphatic carbocycles. The number of nitrogens with zero attached hydrogens (tertiary/aromatic N) is 3. The summed E-state index contributed by atoms with van der Waals surface area (Å²) in [7, 11) is 0. The second-order valence-electron chi connectivity index (χ2n) is 5.95. The summed E-state index contributed by atoms with van der Waals surface area (Å²) in [5, 5.41) is 0.828. The number of imidazole rings is 1. The molecule has 120 valence electrons. The Bertz CT molecular complexity index is 870. The van der Waals surface area contributed by atoms with Gasteiger partial charge in [0, 0.05) is 30.0 Å². The van der Waals surface area contributed by atoms with Crippen molar-refractivity contribution in [2.45, 2.75) is 26.8 Å². The van der Waals surface area contributed by atoms with Gasteiger partial charge in [0.15, 0.2) is 5.65 Å². The molecule has 1 aromatic carbocycles. The van der Waals surface area contributed by atoms with Crippen molar-refractivity contribution >= 4 is 35.3 Å². The molecule has 1 aliphatic heterocycles. The Morgan fingerprint density at radius 1 is 1.13 bits per heavy atom. The SMILES string of the molecule is Cc1nc2c(N3CCc4cc(Cl)ccc4C3)cccn2c1C.Cl. The maximum absolute atomic E-state index is 6.10. The molecule has 2 aromatic heterocycles. The summed E-state index contributed by atoms with van der Waals surface area (Å²) < 4.78 is 2.18. The van der Waals surface area contributed by atoms with Crippen molar-refractivity contribution in [3.05, 3.63) is 64.1 Å². The molecule has 0 spiro atoms. The third kappa shape index (κ3) is 2.68. The summed E-state index contributed by atoms with van der Waals surface area (Å²) in [5.74, 6) is 0. The average Bonchev–Trinajstić information content (AvgIpc) is 2.82. The van der Waals surface area contributed by atoms with Crippen molar-refractivity contribution in [2.24, 2.45) is 0 Å². The lowest BCUT2D eigenvalue weighted by atomic mass is 9.99. The van der Waals surface area contributed by atoms with E-state index in [1.54, 1.807) is 0 Å². The van der Waals surface area contributed by atoms with E-state index in [2.05, 4.69) is 53.6 Å². The molecule has 0 N–H and O–H groups in total. The highest BCUT2D eigenvalue weighted by Crippen LogP contribution is 2.29. The third-order valence-corrected chi connectivity index (χ3v) is 4.86. The molecule has 3 heterocycles. The molecule has 0 radical (unpaired) electrons. The number of hydrogen-bond acceptors (Lipinski definition) is 2. The van der Waals surface area contributed by atoms with Gasteiger partial charge in [-0.1, -0.05) is 17.7 Å². The van der Waals surface area contributed by atoms with Crippen molar-refractivity contribution in [3.63, 3.8) is 0 Å². The summed E-state index contributed by atoms with van der Waals surface area (Å²) in [6.45, 7) is 6.10. The van der Waals surface area contributed by atoms with Gasteiger partial charge in [0.1, 0.15) is 0 Å². The quantitative estimate of drug-likeness (QED) is 0.641. The van der Waals surface area contributed by atoms with Gasteiger partial charge in [-0.25, -0.2) is 4.98 Å². The van der Waals surface area contributed by atoms with E-state index in [-0.39, 0.29) is 12.4 Å². The molecule has 0 bridgehead atoms. The van der Waals surface area contributed by atoms with Crippen LogP contribution in [-0.4, -0.2) is 15.9 Å². The van der Waals surface area contributed by atoms with Crippen molar-refractivity contribution in [1.82, 2.24) is 9.38 Å². The van der Waals surface area contributed by atoms with Gasteiger partial charge in [-0.05, 0) is 55.7 Å². The molecular formula is C18H19Cl2N3. The normalized spacial score (nSPS) is 13.8. The first-order chi connectivity index (χ1) is 10.6. The molecule has 0 amide bonds. The Labute approximate surface area is 147 Å². The van der Waals surface area contributed by atoms with E-state index in [4.69, 9.17) is 16.6 Å². The van der Waals surface area contributed by atoms with Gasteiger partial charge in [-0.2, -0.15) is 0 Å². The predicted molar refractivity (Wildman–Crippen MR) is 98.1 cm³/mol. The lowest BCUT2D eigenvalue weighted by molar-refractivity contribution is 0.731. The maximum Gasteiger partial charge on any atom is 0.160 e. The minimum absolute atomic E-state index is 0. The molecule has 3 aromatic rings. The molecule has 23 heavy (non-hydrogen) atoms. The fraction of sp³-hybridized carbons (Fsp3) is 0.278. The first-order valence-corrected chi connectivity index (χ1v) is 7.98. The van der Waals surface area contributed by atoms with Crippen LogP contribution in [0.15, 0.2) is 36.5 Å². The minimum Gasteiger partial charge on any atom is -0.364 e. The van der Waals surface area contributed by atoms with Gasteiger partial charge in [0.05, 0.1) is 11.4 Å². The van der Waals surface area contributed by atoms with Crippen LogP contribution in [0.4, 0.5) is 5.69 Å². The van der Waals surface area contributed by atoms with E-state index in [0.717, 1.165) is 35.9 Å². The van der Waals surface area contributed by atoms with Crippen molar-refractivity contribution in [2.75, 3.05) is 11.4 Å². The second-order valence-corrected chi connectivity index (χ2v) is 6.39. The highest BCUT2D eigenvalue weighted by Gasteiger charge is 2.20. The monoisotopic (exact) mass is 347 g/mol. The van der Waals surface area contributed by atoms with E-state index in [0.29, 0.717) is 0 Å². The smallest absolute Gasteiger partial charge is 0.160 e. The van der Waals surface area contributed by atoms with Crippen molar-refractivity contribution < 1.29 is 0 Å². The number of anilines is 1. The molecule has 0 saturated carbocycles. The molecule has 0 atom stereocenters. The summed E-state index contributed by atoms with van der Waals surface area (Å²) in [6.07, 6.45) is 3.11. The Balaban J connectivity index is 0.00000156. The standard InChI is InChI=1S/C18H18ClN3.ClH/c1-12-13(2)22-8-3-4-17(18(22)20-12)21-9-7-14-10-16(19)6-5-15(14)11-21;/h3-6,8,10H,7,9,11H2,1-2H3;1H. The van der Waals surface area contributed by atoms with Gasteiger partial charge in [-0.3, -0.25) is 0 Å². The Morgan fingerprint density at radius 2 is 1.96 bits per heavy atom. The first-order valence-electron chi connectivity index (χ1n) is 7.60. The van der Waals surface area contributed by atoms with Gasteiger partial charge in [-0.15, -0.1) is 12.4 Å². The zero-order chi connectivity index (χ0) is 15.3. The number of halogens is 2. The number of pyridine rings is 1. The number of rotatable bonds is 1. The lowest BCUT2D eigenvalue weighted by Gasteiger charge is -2.31. The van der Waals surface area contributed by atoms with Crippen LogP contribution in [0, 0.1) is 13.8 Å². The molecular weight excluding hydrogens is 329 g/mol. The molecule has 3 nitrogen and oxygen atoms in total. The second kappa shape index (κ2) is 6.06. The third-order valence-electron chi connectivity index (χ3n) is 4.63. The van der Waals surface area contributed by atoms with Crippen molar-refractivity contribution in [3.8, 4) is 0 Å². The van der Waals surface area contributed by atoms with E-state index in [9.17, 15) is 0 Å². The van der Waals surface area contributed by atoms with Crippen LogP contribution in [-0.2, 0) is 13.0 Å². The number of hydrogen-bond donors (Lipinski definition) is 0. The molecule has 5 heteroatoms. The number of aryl methyl sites for hydroxylation is 2. The van der Waals surface area contributed by atoms with Crippen LogP contribution in [0.5, 0.6) is 0 Å². The van der Waals surface area contributed by atoms with Crippen LogP contribution in [0.3, 0.4) is 0 Å². The van der Waals surface area contributed by atoms with E-state index < -0.39 is 0 Å². The number of benzene rings is 1. The fourth-order valence-corrected chi connectivity index (χ4v) is 3.45. The average molecular weight is 348 g/mol. The summed E-state index contributed by atoms with van der Waals surface area (Å²) in [6, 6.07) is 10.5. The Kier molecular flexibility index (Phi) is 4.26. The fourth-order valence-electron chi connectivity index (χ4n) is 3.26. The van der Waals surface area contributed by atoms with Crippen molar-refractivity contribution in [1.29, 1.82) is 0 Å². The van der Waals surface area contributed by atoms with Crippen LogP contribution in [0.1, 0.15) is 22.5 Å². The lowest BCUT2D eigenvalue weighted by Crippen LogP contribution is -2.30. The Morgan fingerprint density at radius 3 is 2.78 bits per heavy atom. The molecule has 0 saturated heterocycles. The topological polar surface area (TPSA) is 20.5 Å². The molecule has 0 fully saturated rings. The molecule has 0 unspecified atom stereocenters. The van der Waals surface area contributed by atoms with E-state index >= 15 is 0 Å². The van der Waals surface area contributed by atoms with E-state index in [1.165, 1.54) is 22.5 Å². The number of aromatic nitrogens is 2. The van der Waals surface area contributed by atoms with Gasteiger partial charge < -0.3 is 9.30 Å². The zero-order valence-corrected chi connectivity index (χ0v) is 14.8. The first kappa shape index (κ1) is 16.2. The zero-order valence-electron chi connectivity index (χ0n) is 13.2. The largest absolute Gasteiger partial charge is 0.364 e. The van der Waals surface area contributed by atoms with Crippen LogP contribution < -0.4 is 4.90 Å². The van der Waals surface area contributed by atoms with Crippen LogP contribution >= 0.6 is 24.0 Å².